The molecule has 4 nitrogen and oxygen atoms in total. The van der Waals surface area contributed by atoms with Gasteiger partial charge in [0.15, 0.2) is 0 Å². The summed E-state index contributed by atoms with van der Waals surface area (Å²) in [5.74, 6) is -0.321. The van der Waals surface area contributed by atoms with Crippen LogP contribution in [0.5, 0.6) is 0 Å². The molecular weight excluding hydrogens is 230 g/mol. The number of carbonyl (C=O) groups is 1. The number of ether oxygens (including phenoxy) is 2. The van der Waals surface area contributed by atoms with Crippen molar-refractivity contribution in [2.75, 3.05) is 33.4 Å². The number of rotatable bonds is 3. The van der Waals surface area contributed by atoms with E-state index in [1.807, 2.05) is 12.1 Å². The summed E-state index contributed by atoms with van der Waals surface area (Å²) >= 11 is 0. The molecule has 0 N–H and O–H groups in total. The van der Waals surface area contributed by atoms with Crippen molar-refractivity contribution in [1.29, 1.82) is 0 Å². The van der Waals surface area contributed by atoms with Gasteiger partial charge in [0, 0.05) is 18.8 Å². The third-order valence-corrected chi connectivity index (χ3v) is 3.03. The van der Waals surface area contributed by atoms with E-state index >= 15 is 0 Å². The number of nitrogens with zero attached hydrogens (tertiary/aromatic N) is 1. The Kier molecular flexibility index (Phi) is 3.99. The van der Waals surface area contributed by atoms with Crippen molar-refractivity contribution in [3.05, 3.63) is 42.0 Å². The van der Waals surface area contributed by atoms with Gasteiger partial charge in [0.25, 0.3) is 0 Å². The Morgan fingerprint density at radius 3 is 2.33 bits per heavy atom. The van der Waals surface area contributed by atoms with Gasteiger partial charge in [-0.15, -0.1) is 0 Å². The predicted octanol–water partition coefficient (Wildman–Crippen LogP) is 1.78. The molecule has 0 amide bonds. The van der Waals surface area contributed by atoms with Crippen LogP contribution in [-0.4, -0.2) is 44.3 Å². The molecule has 2 rings (SSSR count). The maximum Gasteiger partial charge on any atom is 0.337 e. The van der Waals surface area contributed by atoms with Gasteiger partial charge in [-0.2, -0.15) is 0 Å². The zero-order valence-corrected chi connectivity index (χ0v) is 10.5. The van der Waals surface area contributed by atoms with Crippen LogP contribution in [0.25, 0.3) is 5.70 Å². The van der Waals surface area contributed by atoms with Crippen molar-refractivity contribution in [3.8, 4) is 0 Å². The molecular formula is C14H17NO3. The number of esters is 1. The second-order valence-corrected chi connectivity index (χ2v) is 4.12. The van der Waals surface area contributed by atoms with Crippen LogP contribution in [0.3, 0.4) is 0 Å². The highest BCUT2D eigenvalue weighted by Gasteiger charge is 2.14. The van der Waals surface area contributed by atoms with E-state index in [0.29, 0.717) is 5.56 Å². The lowest BCUT2D eigenvalue weighted by molar-refractivity contribution is 0.0600. The molecule has 1 aliphatic heterocycles. The number of benzene rings is 1. The van der Waals surface area contributed by atoms with Crippen LogP contribution in [0.1, 0.15) is 15.9 Å². The maximum absolute atomic E-state index is 11.3. The van der Waals surface area contributed by atoms with Crippen molar-refractivity contribution in [1.82, 2.24) is 4.90 Å². The third-order valence-electron chi connectivity index (χ3n) is 3.03. The monoisotopic (exact) mass is 247 g/mol. The predicted molar refractivity (Wildman–Crippen MR) is 69.2 cm³/mol. The molecule has 4 heteroatoms. The van der Waals surface area contributed by atoms with Gasteiger partial charge >= 0.3 is 5.97 Å². The van der Waals surface area contributed by atoms with Crippen LogP contribution >= 0.6 is 0 Å². The van der Waals surface area contributed by atoms with Crippen molar-refractivity contribution in [3.63, 3.8) is 0 Å². The molecule has 1 saturated heterocycles. The Morgan fingerprint density at radius 1 is 1.22 bits per heavy atom. The van der Waals surface area contributed by atoms with Crippen LogP contribution in [0.15, 0.2) is 30.8 Å². The van der Waals surface area contributed by atoms with E-state index in [4.69, 9.17) is 4.74 Å². The second kappa shape index (κ2) is 5.69. The van der Waals surface area contributed by atoms with Crippen LogP contribution < -0.4 is 0 Å². The minimum Gasteiger partial charge on any atom is -0.465 e. The fourth-order valence-electron chi connectivity index (χ4n) is 1.93. The van der Waals surface area contributed by atoms with E-state index < -0.39 is 0 Å². The number of hydrogen-bond donors (Lipinski definition) is 0. The third kappa shape index (κ3) is 2.71. The fraction of sp³-hybridized carbons (Fsp3) is 0.357. The van der Waals surface area contributed by atoms with E-state index in [2.05, 4.69) is 16.2 Å². The van der Waals surface area contributed by atoms with E-state index in [1.54, 1.807) is 12.1 Å². The zero-order valence-electron chi connectivity index (χ0n) is 10.5. The summed E-state index contributed by atoms with van der Waals surface area (Å²) in [6, 6.07) is 7.30. The molecule has 0 spiro atoms. The van der Waals surface area contributed by atoms with Crippen LogP contribution in [0.2, 0.25) is 0 Å². The van der Waals surface area contributed by atoms with Gasteiger partial charge in [0.1, 0.15) is 0 Å². The topological polar surface area (TPSA) is 38.8 Å². The normalized spacial score (nSPS) is 15.3. The lowest BCUT2D eigenvalue weighted by Crippen LogP contribution is -2.34. The zero-order chi connectivity index (χ0) is 13.0. The van der Waals surface area contributed by atoms with Crippen molar-refractivity contribution >= 4 is 11.7 Å². The molecule has 1 aliphatic rings. The van der Waals surface area contributed by atoms with Gasteiger partial charge in [0.2, 0.25) is 0 Å². The lowest BCUT2D eigenvalue weighted by Gasteiger charge is -2.30. The lowest BCUT2D eigenvalue weighted by atomic mass is 10.1. The molecule has 0 unspecified atom stereocenters. The SMILES string of the molecule is C=C(c1ccc(C(=O)OC)cc1)N1CCOCC1. The molecule has 1 heterocycles. The van der Waals surface area contributed by atoms with Gasteiger partial charge in [0.05, 0.1) is 25.9 Å². The van der Waals surface area contributed by atoms with Gasteiger partial charge in [-0.25, -0.2) is 4.79 Å². The number of carbonyl (C=O) groups excluding carboxylic acids is 1. The Morgan fingerprint density at radius 2 is 1.78 bits per heavy atom. The summed E-state index contributed by atoms with van der Waals surface area (Å²) in [5.41, 5.74) is 2.54. The Balaban J connectivity index is 2.08. The van der Waals surface area contributed by atoms with Crippen LogP contribution in [0.4, 0.5) is 0 Å². The Hall–Kier alpha value is -1.81. The highest BCUT2D eigenvalue weighted by Crippen LogP contribution is 2.19. The molecule has 96 valence electrons. The number of hydrogen-bond acceptors (Lipinski definition) is 4. The van der Waals surface area contributed by atoms with E-state index in [-0.39, 0.29) is 5.97 Å². The summed E-state index contributed by atoms with van der Waals surface area (Å²) in [6.07, 6.45) is 0. The molecule has 1 fully saturated rings. The van der Waals surface area contributed by atoms with E-state index in [1.165, 1.54) is 7.11 Å². The van der Waals surface area contributed by atoms with Crippen molar-refractivity contribution in [2.45, 2.75) is 0 Å². The Labute approximate surface area is 107 Å². The highest BCUT2D eigenvalue weighted by molar-refractivity contribution is 5.89. The first-order chi connectivity index (χ1) is 8.72. The average molecular weight is 247 g/mol. The molecule has 0 aromatic heterocycles. The smallest absolute Gasteiger partial charge is 0.337 e. The van der Waals surface area contributed by atoms with Crippen molar-refractivity contribution < 1.29 is 14.3 Å². The van der Waals surface area contributed by atoms with Crippen molar-refractivity contribution in [2.24, 2.45) is 0 Å². The molecule has 0 bridgehead atoms. The van der Waals surface area contributed by atoms with Gasteiger partial charge in [-0.3, -0.25) is 0 Å². The summed E-state index contributed by atoms with van der Waals surface area (Å²) in [7, 11) is 1.38. The van der Waals surface area contributed by atoms with E-state index in [0.717, 1.165) is 37.6 Å². The molecule has 1 aromatic rings. The largest absolute Gasteiger partial charge is 0.465 e. The minimum atomic E-state index is -0.321. The maximum atomic E-state index is 11.3. The molecule has 0 radical (unpaired) electrons. The summed E-state index contributed by atoms with van der Waals surface area (Å²) in [5, 5.41) is 0. The fourth-order valence-corrected chi connectivity index (χ4v) is 1.93. The van der Waals surface area contributed by atoms with Gasteiger partial charge in [-0.1, -0.05) is 18.7 Å². The summed E-state index contributed by atoms with van der Waals surface area (Å²) < 4.78 is 9.97. The number of methoxy groups -OCH3 is 1. The quantitative estimate of drug-likeness (QED) is 0.763. The van der Waals surface area contributed by atoms with E-state index in [9.17, 15) is 4.79 Å². The average Bonchev–Trinajstić information content (AvgIpc) is 2.47. The molecule has 0 atom stereocenters. The standard InChI is InChI=1S/C14H17NO3/c1-11(15-7-9-18-10-8-15)12-3-5-13(6-4-12)14(16)17-2/h3-6H,1,7-10H2,2H3. The van der Waals surface area contributed by atoms with Crippen LogP contribution in [0, 0.1) is 0 Å². The summed E-state index contributed by atoms with van der Waals surface area (Å²) in [6.45, 7) is 7.29. The molecule has 0 saturated carbocycles. The second-order valence-electron chi connectivity index (χ2n) is 4.12. The molecule has 1 aromatic carbocycles. The summed E-state index contributed by atoms with van der Waals surface area (Å²) in [4.78, 5) is 13.5. The Bertz CT molecular complexity index is 433. The highest BCUT2D eigenvalue weighted by atomic mass is 16.5. The number of morpholine rings is 1. The molecule has 18 heavy (non-hydrogen) atoms. The minimum absolute atomic E-state index is 0.321. The van der Waals surface area contributed by atoms with Crippen LogP contribution in [-0.2, 0) is 9.47 Å². The molecule has 0 aliphatic carbocycles. The first kappa shape index (κ1) is 12.6. The first-order valence-corrected chi connectivity index (χ1v) is 5.92. The first-order valence-electron chi connectivity index (χ1n) is 5.92. The van der Waals surface area contributed by atoms with Gasteiger partial charge in [-0.05, 0) is 17.7 Å². The van der Waals surface area contributed by atoms with Gasteiger partial charge < -0.3 is 14.4 Å².